The van der Waals surface area contributed by atoms with Crippen LogP contribution in [-0.4, -0.2) is 60.3 Å². The molecular weight excluding hydrogens is 541 g/mol. The standard InChI is InChI=1S/C32H34FN3O6/c1-20(21-5-3-2-4-6-21)29(30(38)34-27-14-11-24(19-26(27)33)22-7-8-22)36-31(39)28(35-32(36)40)23-9-12-25(13-10-23)42-18-17-41-16-15-37/h2-6,9-14,19-20,22,28-29,37H,7-8,15-18H2,1H3,(H,34,38)(H,35,40)/t20-,28+,29?/m0/s1. The number of benzene rings is 3. The molecular formula is C32H34FN3O6. The Balaban J connectivity index is 1.35. The molecule has 3 atom stereocenters. The highest BCUT2D eigenvalue weighted by atomic mass is 19.1. The van der Waals surface area contributed by atoms with Crippen molar-refractivity contribution < 1.29 is 33.4 Å². The van der Waals surface area contributed by atoms with Gasteiger partial charge in [-0.3, -0.25) is 9.59 Å². The van der Waals surface area contributed by atoms with E-state index in [2.05, 4.69) is 10.6 Å². The van der Waals surface area contributed by atoms with Gasteiger partial charge in [-0.1, -0.05) is 55.5 Å². The maximum atomic E-state index is 15.0. The smallest absolute Gasteiger partial charge is 0.325 e. The highest BCUT2D eigenvalue weighted by molar-refractivity contribution is 6.10. The lowest BCUT2D eigenvalue weighted by Gasteiger charge is -2.30. The van der Waals surface area contributed by atoms with Gasteiger partial charge in [0.15, 0.2) is 0 Å². The number of urea groups is 1. The molecule has 1 saturated carbocycles. The number of amides is 4. The van der Waals surface area contributed by atoms with Crippen LogP contribution in [0.5, 0.6) is 5.75 Å². The number of carbonyl (C=O) groups excluding carboxylic acids is 3. The zero-order valence-corrected chi connectivity index (χ0v) is 23.3. The van der Waals surface area contributed by atoms with Crippen LogP contribution in [0.2, 0.25) is 0 Å². The molecule has 3 N–H and O–H groups in total. The van der Waals surface area contributed by atoms with Gasteiger partial charge in [-0.05, 0) is 59.7 Å². The summed E-state index contributed by atoms with van der Waals surface area (Å²) >= 11 is 0. The third kappa shape index (κ3) is 6.61. The van der Waals surface area contributed by atoms with Gasteiger partial charge in [-0.2, -0.15) is 0 Å². The summed E-state index contributed by atoms with van der Waals surface area (Å²) in [5, 5.41) is 14.1. The van der Waals surface area contributed by atoms with E-state index in [4.69, 9.17) is 14.6 Å². The number of rotatable bonds is 13. The molecule has 2 aliphatic rings. The van der Waals surface area contributed by atoms with Gasteiger partial charge in [0.05, 0.1) is 25.5 Å². The van der Waals surface area contributed by atoms with Gasteiger partial charge < -0.3 is 25.2 Å². The summed E-state index contributed by atoms with van der Waals surface area (Å²) in [6.45, 7) is 2.52. The number of carbonyl (C=O) groups is 3. The van der Waals surface area contributed by atoms with Gasteiger partial charge in [0.2, 0.25) is 5.91 Å². The summed E-state index contributed by atoms with van der Waals surface area (Å²) in [5.41, 5.74) is 2.15. The second-order valence-corrected chi connectivity index (χ2v) is 10.5. The molecule has 1 heterocycles. The van der Waals surface area contributed by atoms with Gasteiger partial charge in [0.1, 0.15) is 30.3 Å². The minimum absolute atomic E-state index is 0.00406. The Bertz CT molecular complexity index is 1410. The van der Waals surface area contributed by atoms with Crippen molar-refractivity contribution in [3.63, 3.8) is 0 Å². The number of nitrogens with one attached hydrogen (secondary N) is 2. The number of nitrogens with zero attached hydrogens (tertiary/aromatic N) is 1. The van der Waals surface area contributed by atoms with E-state index in [1.165, 1.54) is 12.1 Å². The first kappa shape index (κ1) is 29.2. The van der Waals surface area contributed by atoms with Crippen molar-refractivity contribution in [2.45, 2.75) is 43.7 Å². The monoisotopic (exact) mass is 575 g/mol. The van der Waals surface area contributed by atoms with Crippen LogP contribution in [-0.2, 0) is 14.3 Å². The lowest BCUT2D eigenvalue weighted by Crippen LogP contribution is -2.50. The first-order valence-electron chi connectivity index (χ1n) is 14.1. The Morgan fingerprint density at radius 1 is 1.02 bits per heavy atom. The molecule has 42 heavy (non-hydrogen) atoms. The van der Waals surface area contributed by atoms with Crippen LogP contribution < -0.4 is 15.4 Å². The van der Waals surface area contributed by atoms with Crippen LogP contribution in [0.3, 0.4) is 0 Å². The Morgan fingerprint density at radius 3 is 2.40 bits per heavy atom. The molecule has 9 nitrogen and oxygen atoms in total. The lowest BCUT2D eigenvalue weighted by molar-refractivity contribution is -0.134. The van der Waals surface area contributed by atoms with Crippen LogP contribution in [0.15, 0.2) is 72.8 Å². The molecule has 5 rings (SSSR count). The van der Waals surface area contributed by atoms with Gasteiger partial charge >= 0.3 is 6.03 Å². The van der Waals surface area contributed by atoms with Gasteiger partial charge in [0, 0.05) is 5.92 Å². The molecule has 0 bridgehead atoms. The van der Waals surface area contributed by atoms with Gasteiger partial charge in [0.25, 0.3) is 5.91 Å². The largest absolute Gasteiger partial charge is 0.491 e. The first-order chi connectivity index (χ1) is 20.4. The molecule has 0 spiro atoms. The second-order valence-electron chi connectivity index (χ2n) is 10.5. The number of hydrogen-bond donors (Lipinski definition) is 3. The molecule has 10 heteroatoms. The average molecular weight is 576 g/mol. The molecule has 1 aliphatic carbocycles. The molecule has 3 aromatic carbocycles. The highest BCUT2D eigenvalue weighted by Gasteiger charge is 2.47. The average Bonchev–Trinajstić information content (AvgIpc) is 3.81. The number of ether oxygens (including phenoxy) is 2. The van der Waals surface area contributed by atoms with E-state index in [1.807, 2.05) is 30.3 Å². The van der Waals surface area contributed by atoms with Crippen molar-refractivity contribution in [1.82, 2.24) is 10.2 Å². The number of aliphatic hydroxyl groups excluding tert-OH is 1. The van der Waals surface area contributed by atoms with Crippen molar-refractivity contribution >= 4 is 23.5 Å². The van der Waals surface area contributed by atoms with E-state index >= 15 is 0 Å². The predicted molar refractivity (Wildman–Crippen MR) is 154 cm³/mol. The molecule has 0 radical (unpaired) electrons. The van der Waals surface area contributed by atoms with E-state index < -0.39 is 41.7 Å². The second kappa shape index (κ2) is 13.1. The fourth-order valence-electron chi connectivity index (χ4n) is 5.14. The molecule has 1 aliphatic heterocycles. The Labute approximate surface area is 243 Å². The predicted octanol–water partition coefficient (Wildman–Crippen LogP) is 4.49. The van der Waals surface area contributed by atoms with Crippen LogP contribution in [0.25, 0.3) is 0 Å². The summed E-state index contributed by atoms with van der Waals surface area (Å²) in [4.78, 5) is 41.7. The minimum atomic E-state index is -1.24. The number of aliphatic hydroxyl groups is 1. The van der Waals surface area contributed by atoms with Crippen LogP contribution in [0.1, 0.15) is 54.3 Å². The molecule has 1 saturated heterocycles. The number of hydrogen-bond acceptors (Lipinski definition) is 6. The van der Waals surface area contributed by atoms with E-state index in [0.29, 0.717) is 23.8 Å². The summed E-state index contributed by atoms with van der Waals surface area (Å²) in [5.74, 6) is -1.50. The molecule has 220 valence electrons. The summed E-state index contributed by atoms with van der Waals surface area (Å²) in [6, 6.07) is 17.6. The highest BCUT2D eigenvalue weighted by Crippen LogP contribution is 2.41. The topological polar surface area (TPSA) is 117 Å². The summed E-state index contributed by atoms with van der Waals surface area (Å²) < 4.78 is 25.7. The van der Waals surface area contributed by atoms with Crippen LogP contribution >= 0.6 is 0 Å². The Morgan fingerprint density at radius 2 is 1.74 bits per heavy atom. The minimum Gasteiger partial charge on any atom is -0.491 e. The summed E-state index contributed by atoms with van der Waals surface area (Å²) in [7, 11) is 0. The normalized spacial score (nSPS) is 18.0. The maximum absolute atomic E-state index is 15.0. The molecule has 3 aromatic rings. The van der Waals surface area contributed by atoms with Gasteiger partial charge in [-0.25, -0.2) is 14.1 Å². The number of imide groups is 1. The number of anilines is 1. The van der Waals surface area contributed by atoms with E-state index in [1.54, 1.807) is 37.3 Å². The van der Waals surface area contributed by atoms with Crippen LogP contribution in [0, 0.1) is 5.82 Å². The zero-order chi connectivity index (χ0) is 29.6. The summed E-state index contributed by atoms with van der Waals surface area (Å²) in [6.07, 6.45) is 2.04. The zero-order valence-electron chi connectivity index (χ0n) is 23.3. The fourth-order valence-corrected chi connectivity index (χ4v) is 5.14. The van der Waals surface area contributed by atoms with Crippen molar-refractivity contribution in [3.05, 3.63) is 95.3 Å². The van der Waals surface area contributed by atoms with E-state index in [-0.39, 0.29) is 25.5 Å². The third-order valence-corrected chi connectivity index (χ3v) is 7.56. The van der Waals surface area contributed by atoms with E-state index in [9.17, 15) is 18.8 Å². The first-order valence-corrected chi connectivity index (χ1v) is 14.1. The Kier molecular flexibility index (Phi) is 9.14. The Hall–Kier alpha value is -4.28. The van der Waals surface area contributed by atoms with Crippen molar-refractivity contribution in [2.75, 3.05) is 31.7 Å². The molecule has 2 fully saturated rings. The fraction of sp³-hybridized carbons (Fsp3) is 0.344. The van der Waals surface area contributed by atoms with Crippen molar-refractivity contribution in [3.8, 4) is 5.75 Å². The van der Waals surface area contributed by atoms with Crippen molar-refractivity contribution in [1.29, 1.82) is 0 Å². The third-order valence-electron chi connectivity index (χ3n) is 7.56. The molecule has 1 unspecified atom stereocenters. The number of halogens is 1. The lowest BCUT2D eigenvalue weighted by atomic mass is 9.91. The SMILES string of the molecule is C[C@@H](c1ccccc1)C(C(=O)Nc1ccc(C2CC2)cc1F)N1C(=O)N[C@H](c2ccc(OCCOCCO)cc2)C1=O. The molecule has 0 aromatic heterocycles. The molecule has 4 amide bonds. The van der Waals surface area contributed by atoms with E-state index in [0.717, 1.165) is 28.9 Å². The van der Waals surface area contributed by atoms with Gasteiger partial charge in [-0.15, -0.1) is 0 Å². The van der Waals surface area contributed by atoms with Crippen LogP contribution in [0.4, 0.5) is 14.9 Å². The quantitative estimate of drug-likeness (QED) is 0.204. The maximum Gasteiger partial charge on any atom is 0.325 e. The van der Waals surface area contributed by atoms with Crippen molar-refractivity contribution in [2.24, 2.45) is 0 Å².